The molecule has 0 heterocycles. The van der Waals surface area contributed by atoms with Gasteiger partial charge in [-0.2, -0.15) is 0 Å². The first-order valence-electron chi connectivity index (χ1n) is 5.74. The maximum absolute atomic E-state index is 12.9. The van der Waals surface area contributed by atoms with Gasteiger partial charge in [0.05, 0.1) is 6.54 Å². The molecule has 2 amide bonds. The minimum absolute atomic E-state index is 0.0104. The number of halogens is 1. The highest BCUT2D eigenvalue weighted by molar-refractivity contribution is 5.97. The Morgan fingerprint density at radius 3 is 2.61 bits per heavy atom. The third-order valence-electron chi connectivity index (χ3n) is 2.52. The molecule has 0 aliphatic carbocycles. The zero-order chi connectivity index (χ0) is 13.7. The van der Waals surface area contributed by atoms with E-state index in [0.29, 0.717) is 17.7 Å². The molecule has 0 saturated carbocycles. The molecule has 1 N–H and O–H groups in total. The predicted octanol–water partition coefficient (Wildman–Crippen LogP) is 1.34. The third-order valence-corrected chi connectivity index (χ3v) is 2.52. The molecule has 1 aromatic carbocycles. The summed E-state index contributed by atoms with van der Waals surface area (Å²) in [5.74, 6) is -0.887. The molecule has 0 aliphatic rings. The average Bonchev–Trinajstić information content (AvgIpc) is 2.28. The van der Waals surface area contributed by atoms with Crippen LogP contribution in [-0.4, -0.2) is 36.9 Å². The molecule has 0 fully saturated rings. The monoisotopic (exact) mass is 252 g/mol. The van der Waals surface area contributed by atoms with Gasteiger partial charge in [-0.25, -0.2) is 4.39 Å². The Morgan fingerprint density at radius 2 is 2.06 bits per heavy atom. The summed E-state index contributed by atoms with van der Waals surface area (Å²) in [6, 6.07) is 3.97. The fourth-order valence-electron chi connectivity index (χ4n) is 1.61. The summed E-state index contributed by atoms with van der Waals surface area (Å²) in [4.78, 5) is 24.7. The van der Waals surface area contributed by atoms with Gasteiger partial charge in [-0.05, 0) is 37.6 Å². The molecule has 5 heteroatoms. The second kappa shape index (κ2) is 6.14. The van der Waals surface area contributed by atoms with E-state index in [2.05, 4.69) is 5.32 Å². The van der Waals surface area contributed by atoms with Crippen LogP contribution in [0.25, 0.3) is 0 Å². The number of aryl methyl sites for hydroxylation is 1. The Balaban J connectivity index is 2.77. The van der Waals surface area contributed by atoms with Crippen LogP contribution in [0.5, 0.6) is 0 Å². The second-order valence-electron chi connectivity index (χ2n) is 4.07. The molecule has 0 aliphatic heterocycles. The highest BCUT2D eigenvalue weighted by atomic mass is 19.1. The molecule has 4 nitrogen and oxygen atoms in total. The largest absolute Gasteiger partial charge is 0.355 e. The van der Waals surface area contributed by atoms with Crippen LogP contribution in [-0.2, 0) is 4.79 Å². The van der Waals surface area contributed by atoms with Crippen molar-refractivity contribution in [2.75, 3.05) is 20.1 Å². The van der Waals surface area contributed by atoms with E-state index in [1.165, 1.54) is 23.1 Å². The number of nitrogens with one attached hydrogen (secondary N) is 1. The summed E-state index contributed by atoms with van der Waals surface area (Å²) in [6.45, 7) is 3.99. The van der Waals surface area contributed by atoms with E-state index in [-0.39, 0.29) is 24.2 Å². The molecular weight excluding hydrogens is 235 g/mol. The maximum atomic E-state index is 12.9. The van der Waals surface area contributed by atoms with Gasteiger partial charge >= 0.3 is 0 Å². The lowest BCUT2D eigenvalue weighted by molar-refractivity contribution is -0.121. The zero-order valence-electron chi connectivity index (χ0n) is 10.8. The van der Waals surface area contributed by atoms with Crippen molar-refractivity contribution in [1.29, 1.82) is 0 Å². The van der Waals surface area contributed by atoms with E-state index in [4.69, 9.17) is 0 Å². The van der Waals surface area contributed by atoms with Crippen LogP contribution < -0.4 is 5.32 Å². The van der Waals surface area contributed by atoms with Gasteiger partial charge in [-0.3, -0.25) is 9.59 Å². The molecule has 0 unspecified atom stereocenters. The Morgan fingerprint density at radius 1 is 1.39 bits per heavy atom. The van der Waals surface area contributed by atoms with Gasteiger partial charge in [-0.1, -0.05) is 0 Å². The van der Waals surface area contributed by atoms with E-state index >= 15 is 0 Å². The van der Waals surface area contributed by atoms with Gasteiger partial charge in [0.15, 0.2) is 0 Å². The van der Waals surface area contributed by atoms with Gasteiger partial charge in [0.25, 0.3) is 5.91 Å². The normalized spacial score (nSPS) is 10.0. The van der Waals surface area contributed by atoms with E-state index in [9.17, 15) is 14.0 Å². The van der Waals surface area contributed by atoms with Crippen LogP contribution in [0.3, 0.4) is 0 Å². The number of rotatable bonds is 4. The average molecular weight is 252 g/mol. The number of hydrogen-bond acceptors (Lipinski definition) is 2. The summed E-state index contributed by atoms with van der Waals surface area (Å²) < 4.78 is 12.9. The molecule has 0 aromatic heterocycles. The fourth-order valence-corrected chi connectivity index (χ4v) is 1.61. The van der Waals surface area contributed by atoms with Crippen molar-refractivity contribution >= 4 is 11.8 Å². The standard InChI is InChI=1S/C13H17FN2O2/c1-4-15-12(17)8-16(3)13(18)11-6-5-10(14)7-9(11)2/h5-7H,4,8H2,1-3H3,(H,15,17). The number of hydrogen-bond donors (Lipinski definition) is 1. The Bertz CT molecular complexity index is 460. The molecular formula is C13H17FN2O2. The molecule has 0 bridgehead atoms. The van der Waals surface area contributed by atoms with E-state index < -0.39 is 0 Å². The summed E-state index contributed by atoms with van der Waals surface area (Å²) >= 11 is 0. The topological polar surface area (TPSA) is 49.4 Å². The van der Waals surface area contributed by atoms with Crippen molar-refractivity contribution in [2.24, 2.45) is 0 Å². The summed E-state index contributed by atoms with van der Waals surface area (Å²) in [7, 11) is 1.54. The molecule has 0 atom stereocenters. The smallest absolute Gasteiger partial charge is 0.254 e. The van der Waals surface area contributed by atoms with Crippen molar-refractivity contribution in [3.63, 3.8) is 0 Å². The summed E-state index contributed by atoms with van der Waals surface area (Å²) in [5.41, 5.74) is 0.964. The number of benzene rings is 1. The number of carbonyl (C=O) groups excluding carboxylic acids is 2. The van der Waals surface area contributed by atoms with Gasteiger partial charge < -0.3 is 10.2 Å². The molecule has 98 valence electrons. The first kappa shape index (κ1) is 14.2. The first-order valence-corrected chi connectivity index (χ1v) is 5.74. The van der Waals surface area contributed by atoms with Crippen LogP contribution in [0.15, 0.2) is 18.2 Å². The third kappa shape index (κ3) is 3.55. The number of amides is 2. The Kier molecular flexibility index (Phi) is 4.83. The minimum atomic E-state index is -0.379. The second-order valence-corrected chi connectivity index (χ2v) is 4.07. The van der Waals surface area contributed by atoms with Crippen molar-refractivity contribution in [2.45, 2.75) is 13.8 Å². The first-order chi connectivity index (χ1) is 8.45. The van der Waals surface area contributed by atoms with Crippen LogP contribution in [0.1, 0.15) is 22.8 Å². The highest BCUT2D eigenvalue weighted by Gasteiger charge is 2.16. The lowest BCUT2D eigenvalue weighted by Crippen LogP contribution is -2.38. The van der Waals surface area contributed by atoms with Gasteiger partial charge in [0, 0.05) is 19.2 Å². The van der Waals surface area contributed by atoms with Crippen LogP contribution in [0.2, 0.25) is 0 Å². The molecule has 1 rings (SSSR count). The molecule has 0 spiro atoms. The number of carbonyl (C=O) groups is 2. The zero-order valence-corrected chi connectivity index (χ0v) is 10.8. The van der Waals surface area contributed by atoms with E-state index in [1.807, 2.05) is 6.92 Å². The quantitative estimate of drug-likeness (QED) is 0.879. The molecule has 1 aromatic rings. The summed E-state index contributed by atoms with van der Waals surface area (Å²) in [6.07, 6.45) is 0. The van der Waals surface area contributed by atoms with Crippen molar-refractivity contribution in [3.8, 4) is 0 Å². The van der Waals surface area contributed by atoms with Crippen molar-refractivity contribution in [1.82, 2.24) is 10.2 Å². The lowest BCUT2D eigenvalue weighted by Gasteiger charge is -2.17. The number of nitrogens with zero attached hydrogens (tertiary/aromatic N) is 1. The summed E-state index contributed by atoms with van der Waals surface area (Å²) in [5, 5.41) is 2.61. The van der Waals surface area contributed by atoms with Crippen LogP contribution in [0, 0.1) is 12.7 Å². The Hall–Kier alpha value is -1.91. The SMILES string of the molecule is CCNC(=O)CN(C)C(=O)c1ccc(F)cc1C. The van der Waals surface area contributed by atoms with Crippen LogP contribution >= 0.6 is 0 Å². The minimum Gasteiger partial charge on any atom is -0.355 e. The van der Waals surface area contributed by atoms with E-state index in [0.717, 1.165) is 0 Å². The molecule has 0 saturated heterocycles. The fraction of sp³-hybridized carbons (Fsp3) is 0.385. The highest BCUT2D eigenvalue weighted by Crippen LogP contribution is 2.12. The molecule has 0 radical (unpaired) electrons. The number of likely N-dealkylation sites (N-methyl/N-ethyl adjacent to an activating group) is 2. The van der Waals surface area contributed by atoms with Gasteiger partial charge in [0.2, 0.25) is 5.91 Å². The van der Waals surface area contributed by atoms with Crippen molar-refractivity contribution in [3.05, 3.63) is 35.1 Å². The molecule has 18 heavy (non-hydrogen) atoms. The predicted molar refractivity (Wildman–Crippen MR) is 66.8 cm³/mol. The van der Waals surface area contributed by atoms with Crippen molar-refractivity contribution < 1.29 is 14.0 Å². The Labute approximate surface area is 106 Å². The van der Waals surface area contributed by atoms with Gasteiger partial charge in [0.1, 0.15) is 5.82 Å². The van der Waals surface area contributed by atoms with Crippen LogP contribution in [0.4, 0.5) is 4.39 Å². The van der Waals surface area contributed by atoms with E-state index in [1.54, 1.807) is 14.0 Å². The maximum Gasteiger partial charge on any atom is 0.254 e. The van der Waals surface area contributed by atoms with Gasteiger partial charge in [-0.15, -0.1) is 0 Å². The lowest BCUT2D eigenvalue weighted by atomic mass is 10.1.